The molecule has 4 radical (unpaired) electrons. The van der Waals surface area contributed by atoms with Crippen molar-refractivity contribution in [1.29, 1.82) is 0 Å². The van der Waals surface area contributed by atoms with E-state index >= 15 is 0 Å². The normalized spacial score (nSPS) is 9.75. The van der Waals surface area contributed by atoms with Gasteiger partial charge in [0.05, 0.1) is 0 Å². The average molecular weight is 143 g/mol. The van der Waals surface area contributed by atoms with Crippen LogP contribution in [0.4, 0.5) is 0 Å². The zero-order chi connectivity index (χ0) is 6.24. The number of rotatable bonds is 5. The monoisotopic (exact) mass is 143 g/mol. The Morgan fingerprint density at radius 1 is 1.50 bits per heavy atom. The third-order valence-corrected chi connectivity index (χ3v) is 3.39. The number of nitrogens with one attached hydrogen (secondary N) is 1. The minimum atomic E-state index is 1.00. The van der Waals surface area contributed by atoms with Crippen LogP contribution < -0.4 is 4.98 Å². The molecule has 0 unspecified atom stereocenters. The molecule has 0 aliphatic carbocycles. The maximum atomic E-state index is 3.37. The van der Waals surface area contributed by atoms with Crippen LogP contribution in [0, 0.1) is 0 Å². The van der Waals surface area contributed by atoms with E-state index in [1.54, 1.807) is 0 Å². The van der Waals surface area contributed by atoms with E-state index in [-0.39, 0.29) is 0 Å². The fourth-order valence-corrected chi connectivity index (χ4v) is 2.00. The van der Waals surface area contributed by atoms with E-state index in [1.807, 2.05) is 0 Å². The molecule has 0 fully saturated rings. The molecule has 0 aliphatic heterocycles. The quantitative estimate of drug-likeness (QED) is 0.442. The molecule has 1 nitrogen and oxygen atoms in total. The van der Waals surface area contributed by atoms with Crippen molar-refractivity contribution in [3.05, 3.63) is 0 Å². The molecule has 0 amide bonds. The Kier molecular flexibility index (Phi) is 7.76. The summed E-state index contributed by atoms with van der Waals surface area (Å²) in [6.07, 6.45) is 1.26. The van der Waals surface area contributed by atoms with E-state index in [4.69, 9.17) is 0 Å². The summed E-state index contributed by atoms with van der Waals surface area (Å²) in [6, 6.07) is 0. The van der Waals surface area contributed by atoms with Gasteiger partial charge in [0.25, 0.3) is 0 Å². The van der Waals surface area contributed by atoms with Crippen LogP contribution in [-0.2, 0) is 0 Å². The highest BCUT2D eigenvalue weighted by molar-refractivity contribution is 6.53. The second kappa shape index (κ2) is 7.39. The topological polar surface area (TPSA) is 12.0 Å². The highest BCUT2D eigenvalue weighted by atomic mass is 28.3. The van der Waals surface area contributed by atoms with Gasteiger partial charge in [-0.05, 0) is 13.0 Å². The Morgan fingerprint density at radius 3 is 2.75 bits per heavy atom. The number of hydrogen-bond donors (Lipinski definition) is 1. The lowest BCUT2D eigenvalue weighted by Crippen LogP contribution is -2.20. The first-order chi connectivity index (χ1) is 3.91. The summed E-state index contributed by atoms with van der Waals surface area (Å²) in [6.45, 7) is 5.65. The fraction of sp³-hybridized carbons (Fsp3) is 1.00. The summed E-state index contributed by atoms with van der Waals surface area (Å²) in [7, 11) is 2.12. The van der Waals surface area contributed by atoms with Crippen molar-refractivity contribution in [3.63, 3.8) is 0 Å². The summed E-state index contributed by atoms with van der Waals surface area (Å²) in [5, 5.41) is 0. The van der Waals surface area contributed by atoms with Crippen molar-refractivity contribution < 1.29 is 0 Å². The first-order valence-electron chi connectivity index (χ1n) is 3.02. The Labute approximate surface area is 57.0 Å². The molecule has 0 aliphatic rings. The van der Waals surface area contributed by atoms with Gasteiger partial charge in [0, 0.05) is 9.52 Å². The minimum absolute atomic E-state index is 1.00. The highest BCUT2D eigenvalue weighted by Crippen LogP contribution is 1.71. The third kappa shape index (κ3) is 6.39. The van der Waals surface area contributed by atoms with Crippen LogP contribution in [0.15, 0.2) is 0 Å². The van der Waals surface area contributed by atoms with Crippen LogP contribution in [0.3, 0.4) is 0 Å². The molecular formula is C5H13NSi2. The standard InChI is InChI=1S/C5H13NSi2/c1-3-4-6-8-5-7-2/h6H,3-5H2,1-2H3. The number of hydrogen-bond acceptors (Lipinski definition) is 1. The first kappa shape index (κ1) is 8.39. The van der Waals surface area contributed by atoms with Crippen LogP contribution in [0.1, 0.15) is 13.3 Å². The van der Waals surface area contributed by atoms with Gasteiger partial charge in [0.15, 0.2) is 0 Å². The smallest absolute Gasteiger partial charge is 0.135 e. The lowest BCUT2D eigenvalue weighted by atomic mass is 10.5. The van der Waals surface area contributed by atoms with Gasteiger partial charge < -0.3 is 4.98 Å². The Balaban J connectivity index is 2.53. The Bertz CT molecular complexity index is 35.4. The van der Waals surface area contributed by atoms with E-state index in [0.29, 0.717) is 0 Å². The molecule has 0 heterocycles. The van der Waals surface area contributed by atoms with Crippen molar-refractivity contribution >= 4 is 19.2 Å². The molecule has 0 saturated heterocycles. The minimum Gasteiger partial charge on any atom is -0.339 e. The fourth-order valence-electron chi connectivity index (χ4n) is 0.364. The van der Waals surface area contributed by atoms with Crippen LogP contribution in [0.25, 0.3) is 0 Å². The van der Waals surface area contributed by atoms with Gasteiger partial charge in [-0.15, -0.1) is 0 Å². The predicted octanol–water partition coefficient (Wildman–Crippen LogP) is 0.733. The highest BCUT2D eigenvalue weighted by Gasteiger charge is 1.84. The first-order valence-corrected chi connectivity index (χ1v) is 5.93. The lowest BCUT2D eigenvalue weighted by molar-refractivity contribution is 0.860. The Hall–Kier alpha value is 0.394. The van der Waals surface area contributed by atoms with Gasteiger partial charge in [0.2, 0.25) is 0 Å². The lowest BCUT2D eigenvalue weighted by Gasteiger charge is -1.95. The molecule has 1 N–H and O–H groups in total. The molecule has 0 saturated carbocycles. The zero-order valence-electron chi connectivity index (χ0n) is 5.62. The molecule has 0 atom stereocenters. The van der Waals surface area contributed by atoms with Crippen molar-refractivity contribution in [1.82, 2.24) is 4.98 Å². The molecule has 46 valence electrons. The third-order valence-electron chi connectivity index (χ3n) is 0.765. The van der Waals surface area contributed by atoms with Crippen LogP contribution in [-0.4, -0.2) is 25.7 Å². The van der Waals surface area contributed by atoms with Crippen molar-refractivity contribution in [2.75, 3.05) is 6.54 Å². The van der Waals surface area contributed by atoms with Crippen LogP contribution in [0.2, 0.25) is 12.2 Å². The van der Waals surface area contributed by atoms with Gasteiger partial charge in [-0.2, -0.15) is 0 Å². The second-order valence-electron chi connectivity index (χ2n) is 1.63. The summed E-state index contributed by atoms with van der Waals surface area (Å²) in [5.74, 6) is 0. The molecular weight excluding hydrogens is 130 g/mol. The van der Waals surface area contributed by atoms with E-state index < -0.39 is 0 Å². The zero-order valence-corrected chi connectivity index (χ0v) is 7.62. The van der Waals surface area contributed by atoms with Gasteiger partial charge in [-0.25, -0.2) is 0 Å². The average Bonchev–Trinajstić information content (AvgIpc) is 1.81. The van der Waals surface area contributed by atoms with Gasteiger partial charge in [-0.3, -0.25) is 0 Å². The molecule has 3 heteroatoms. The van der Waals surface area contributed by atoms with Crippen molar-refractivity contribution in [2.45, 2.75) is 25.6 Å². The summed E-state index contributed by atoms with van der Waals surface area (Å²) < 4.78 is 0. The van der Waals surface area contributed by atoms with Gasteiger partial charge >= 0.3 is 0 Å². The van der Waals surface area contributed by atoms with Crippen molar-refractivity contribution in [2.24, 2.45) is 0 Å². The SMILES string of the molecule is CCCN[Si]C[Si]C. The Morgan fingerprint density at radius 2 is 2.25 bits per heavy atom. The van der Waals surface area contributed by atoms with E-state index in [2.05, 4.69) is 18.5 Å². The van der Waals surface area contributed by atoms with Crippen LogP contribution >= 0.6 is 0 Å². The van der Waals surface area contributed by atoms with Gasteiger partial charge in [0.1, 0.15) is 9.68 Å². The summed E-state index contributed by atoms with van der Waals surface area (Å²) >= 11 is 0. The second-order valence-corrected chi connectivity index (χ2v) is 4.46. The molecule has 8 heavy (non-hydrogen) atoms. The molecule has 0 aromatic carbocycles. The molecule has 0 rings (SSSR count). The molecule has 0 spiro atoms. The van der Waals surface area contributed by atoms with Gasteiger partial charge in [-0.1, -0.05) is 19.1 Å². The predicted molar refractivity (Wildman–Crippen MR) is 40.5 cm³/mol. The van der Waals surface area contributed by atoms with Crippen LogP contribution in [0.5, 0.6) is 0 Å². The molecule has 0 bridgehead atoms. The van der Waals surface area contributed by atoms with E-state index in [9.17, 15) is 0 Å². The van der Waals surface area contributed by atoms with E-state index in [0.717, 1.165) is 19.2 Å². The van der Waals surface area contributed by atoms with Crippen molar-refractivity contribution in [3.8, 4) is 0 Å². The largest absolute Gasteiger partial charge is 0.339 e. The summed E-state index contributed by atoms with van der Waals surface area (Å²) in [5.41, 5.74) is 1.38. The summed E-state index contributed by atoms with van der Waals surface area (Å²) in [4.78, 5) is 3.37. The molecule has 0 aromatic rings. The van der Waals surface area contributed by atoms with E-state index in [1.165, 1.54) is 18.6 Å². The molecule has 0 aromatic heterocycles. The maximum Gasteiger partial charge on any atom is 0.135 e. The maximum absolute atomic E-state index is 3.37.